The van der Waals surface area contributed by atoms with Gasteiger partial charge in [0.05, 0.1) is 16.4 Å². The lowest BCUT2D eigenvalue weighted by molar-refractivity contribution is 0.0710. The van der Waals surface area contributed by atoms with E-state index in [-0.39, 0.29) is 11.8 Å². The van der Waals surface area contributed by atoms with Crippen molar-refractivity contribution in [2.24, 2.45) is 0 Å². The van der Waals surface area contributed by atoms with Crippen molar-refractivity contribution in [1.29, 1.82) is 0 Å². The zero-order chi connectivity index (χ0) is 22.8. The predicted molar refractivity (Wildman–Crippen MR) is 130 cm³/mol. The number of carbonyl (C=O) groups is 1. The molecule has 33 heavy (non-hydrogen) atoms. The molecule has 1 saturated heterocycles. The van der Waals surface area contributed by atoms with Crippen molar-refractivity contribution in [2.45, 2.75) is 32.6 Å². The van der Waals surface area contributed by atoms with Gasteiger partial charge in [0, 0.05) is 48.7 Å². The maximum absolute atomic E-state index is 13.3. The smallest absolute Gasteiger partial charge is 0.265 e. The molecule has 1 aliphatic rings. The van der Waals surface area contributed by atoms with Crippen LogP contribution < -0.4 is 0 Å². The number of aromatic nitrogens is 4. The number of thiazole rings is 1. The van der Waals surface area contributed by atoms with Crippen LogP contribution in [0, 0.1) is 13.8 Å². The van der Waals surface area contributed by atoms with Gasteiger partial charge in [-0.3, -0.25) is 9.78 Å². The topological polar surface area (TPSA) is 71.9 Å². The van der Waals surface area contributed by atoms with Crippen molar-refractivity contribution in [2.75, 3.05) is 13.1 Å². The first-order valence-electron chi connectivity index (χ1n) is 11.2. The minimum Gasteiger partial charge on any atom is -0.337 e. The summed E-state index contributed by atoms with van der Waals surface area (Å²) in [5.74, 6) is 0.896. The van der Waals surface area contributed by atoms with E-state index in [4.69, 9.17) is 4.98 Å². The van der Waals surface area contributed by atoms with Gasteiger partial charge in [0.15, 0.2) is 5.82 Å². The van der Waals surface area contributed by atoms with Crippen LogP contribution in [0.3, 0.4) is 0 Å². The van der Waals surface area contributed by atoms with Crippen molar-refractivity contribution in [3.63, 3.8) is 0 Å². The first kappa shape index (κ1) is 21.4. The molecule has 4 aromatic rings. The van der Waals surface area contributed by atoms with Gasteiger partial charge in [0.1, 0.15) is 4.88 Å². The van der Waals surface area contributed by atoms with Gasteiger partial charge in [0.2, 0.25) is 0 Å². The van der Waals surface area contributed by atoms with E-state index in [0.717, 1.165) is 57.3 Å². The predicted octanol–water partition coefficient (Wildman–Crippen LogP) is 5.30. The summed E-state index contributed by atoms with van der Waals surface area (Å²) < 4.78 is 0. The highest BCUT2D eigenvalue weighted by Gasteiger charge is 2.30. The van der Waals surface area contributed by atoms with Crippen LogP contribution in [-0.4, -0.2) is 43.8 Å². The Hall–Kier alpha value is -3.45. The second kappa shape index (κ2) is 9.19. The van der Waals surface area contributed by atoms with Crippen LogP contribution in [0.1, 0.15) is 44.8 Å². The summed E-state index contributed by atoms with van der Waals surface area (Å²) in [4.78, 5) is 34.3. The van der Waals surface area contributed by atoms with Gasteiger partial charge >= 0.3 is 0 Å². The molecule has 7 heteroatoms. The number of benzene rings is 1. The average Bonchev–Trinajstić information content (AvgIpc) is 3.22. The molecule has 0 spiro atoms. The molecule has 1 aromatic carbocycles. The van der Waals surface area contributed by atoms with Crippen LogP contribution >= 0.6 is 11.3 Å². The fraction of sp³-hybridized carbons (Fsp3) is 0.269. The van der Waals surface area contributed by atoms with Crippen LogP contribution in [0.15, 0.2) is 61.1 Å². The number of pyridine rings is 1. The molecule has 0 saturated carbocycles. The Bertz CT molecular complexity index is 1270. The van der Waals surface area contributed by atoms with E-state index in [2.05, 4.69) is 27.1 Å². The molecule has 1 fully saturated rings. The summed E-state index contributed by atoms with van der Waals surface area (Å²) in [5, 5.41) is 0.925. The zero-order valence-electron chi connectivity index (χ0n) is 18.7. The van der Waals surface area contributed by atoms with Crippen molar-refractivity contribution in [3.05, 3.63) is 82.3 Å². The molecule has 1 amide bonds. The summed E-state index contributed by atoms with van der Waals surface area (Å²) in [6.07, 6.45) is 7.35. The first-order chi connectivity index (χ1) is 16.1. The highest BCUT2D eigenvalue weighted by Crippen LogP contribution is 2.35. The van der Waals surface area contributed by atoms with E-state index in [1.54, 1.807) is 12.4 Å². The second-order valence-electron chi connectivity index (χ2n) is 8.33. The highest BCUT2D eigenvalue weighted by molar-refractivity contribution is 7.13. The van der Waals surface area contributed by atoms with Crippen LogP contribution in [0.4, 0.5) is 0 Å². The van der Waals surface area contributed by atoms with Crippen LogP contribution in [0.2, 0.25) is 0 Å². The minimum absolute atomic E-state index is 0.0764. The van der Waals surface area contributed by atoms with E-state index in [1.165, 1.54) is 11.3 Å². The zero-order valence-corrected chi connectivity index (χ0v) is 19.5. The summed E-state index contributed by atoms with van der Waals surface area (Å²) in [6, 6.07) is 14.1. The molecule has 0 radical (unpaired) electrons. The molecule has 3 aromatic heterocycles. The van der Waals surface area contributed by atoms with Crippen LogP contribution in [0.25, 0.3) is 22.5 Å². The number of carbonyl (C=O) groups excluding carboxylic acids is 1. The molecular weight excluding hydrogens is 430 g/mol. The fourth-order valence-corrected chi connectivity index (χ4v) is 5.33. The molecule has 166 valence electrons. The molecule has 0 N–H and O–H groups in total. The average molecular weight is 456 g/mol. The SMILES string of the molecule is Cc1nc(C)c(C(=O)N2CCC[C@H](c3nc(-c4ccncc4)ncc3-c3ccccc3)C2)s1. The molecule has 0 aliphatic carbocycles. The number of likely N-dealkylation sites (tertiary alicyclic amines) is 1. The molecule has 5 rings (SSSR count). The molecule has 6 nitrogen and oxygen atoms in total. The van der Waals surface area contributed by atoms with E-state index in [9.17, 15) is 4.79 Å². The third kappa shape index (κ3) is 4.41. The number of piperidine rings is 1. The van der Waals surface area contributed by atoms with E-state index < -0.39 is 0 Å². The Morgan fingerprint density at radius 1 is 1.03 bits per heavy atom. The molecule has 1 atom stereocenters. The van der Waals surface area contributed by atoms with Gasteiger partial charge < -0.3 is 4.90 Å². The Morgan fingerprint density at radius 2 is 1.82 bits per heavy atom. The fourth-order valence-electron chi connectivity index (χ4n) is 4.44. The Labute approximate surface area is 197 Å². The van der Waals surface area contributed by atoms with Crippen molar-refractivity contribution in [3.8, 4) is 22.5 Å². The Balaban J connectivity index is 1.52. The summed E-state index contributed by atoms with van der Waals surface area (Å²) in [7, 11) is 0. The van der Waals surface area contributed by atoms with Crippen molar-refractivity contribution >= 4 is 17.2 Å². The lowest BCUT2D eigenvalue weighted by atomic mass is 9.89. The minimum atomic E-state index is 0.0764. The number of hydrogen-bond acceptors (Lipinski definition) is 6. The van der Waals surface area contributed by atoms with Gasteiger partial charge in [-0.1, -0.05) is 30.3 Å². The molecule has 0 bridgehead atoms. The largest absolute Gasteiger partial charge is 0.337 e. The molecule has 4 heterocycles. The maximum Gasteiger partial charge on any atom is 0.265 e. The van der Waals surface area contributed by atoms with Gasteiger partial charge in [-0.25, -0.2) is 15.0 Å². The monoisotopic (exact) mass is 455 g/mol. The quantitative estimate of drug-likeness (QED) is 0.418. The lowest BCUT2D eigenvalue weighted by Crippen LogP contribution is -2.39. The Morgan fingerprint density at radius 3 is 2.55 bits per heavy atom. The number of nitrogens with zero attached hydrogens (tertiary/aromatic N) is 5. The van der Waals surface area contributed by atoms with E-state index in [1.807, 2.05) is 55.3 Å². The van der Waals surface area contributed by atoms with Crippen LogP contribution in [0.5, 0.6) is 0 Å². The van der Waals surface area contributed by atoms with Crippen LogP contribution in [-0.2, 0) is 0 Å². The second-order valence-corrected chi connectivity index (χ2v) is 9.54. The molecule has 1 aliphatic heterocycles. The third-order valence-electron chi connectivity index (χ3n) is 6.03. The third-order valence-corrected chi connectivity index (χ3v) is 7.10. The molecular formula is C26H25N5OS. The van der Waals surface area contributed by atoms with Gasteiger partial charge in [-0.2, -0.15) is 0 Å². The molecule has 0 unspecified atom stereocenters. The summed E-state index contributed by atoms with van der Waals surface area (Å²) in [5.41, 5.74) is 4.86. The number of amides is 1. The Kier molecular flexibility index (Phi) is 5.96. The number of aryl methyl sites for hydroxylation is 2. The maximum atomic E-state index is 13.3. The van der Waals surface area contributed by atoms with E-state index in [0.29, 0.717) is 12.4 Å². The first-order valence-corrected chi connectivity index (χ1v) is 12.0. The van der Waals surface area contributed by atoms with Gasteiger partial charge in [0.25, 0.3) is 5.91 Å². The standard InChI is InChI=1S/C26H25N5OS/c1-17-24(33-18(2)29-17)26(32)31-14-6-9-21(16-31)23-22(19-7-4-3-5-8-19)15-28-25(30-23)20-10-12-27-13-11-20/h3-5,7-8,10-13,15,21H,6,9,14,16H2,1-2H3/t21-/m0/s1. The van der Waals surface area contributed by atoms with Crippen molar-refractivity contribution in [1.82, 2.24) is 24.8 Å². The normalized spacial score (nSPS) is 16.1. The number of rotatable bonds is 4. The highest BCUT2D eigenvalue weighted by atomic mass is 32.1. The van der Waals surface area contributed by atoms with Crippen molar-refractivity contribution < 1.29 is 4.79 Å². The van der Waals surface area contributed by atoms with Gasteiger partial charge in [-0.05, 0) is 44.4 Å². The summed E-state index contributed by atoms with van der Waals surface area (Å²) >= 11 is 1.48. The van der Waals surface area contributed by atoms with Gasteiger partial charge in [-0.15, -0.1) is 11.3 Å². The summed E-state index contributed by atoms with van der Waals surface area (Å²) in [6.45, 7) is 5.26. The lowest BCUT2D eigenvalue weighted by Gasteiger charge is -2.33. The number of hydrogen-bond donors (Lipinski definition) is 0. The van der Waals surface area contributed by atoms with E-state index >= 15 is 0 Å².